The van der Waals surface area contributed by atoms with E-state index in [4.69, 9.17) is 0 Å². The Morgan fingerprint density at radius 3 is 3.00 bits per heavy atom. The molecule has 0 saturated heterocycles. The van der Waals surface area contributed by atoms with Gasteiger partial charge in [0.05, 0.1) is 0 Å². The number of benzene rings is 1. The maximum absolute atomic E-state index is 3.59. The van der Waals surface area contributed by atoms with Gasteiger partial charge in [-0.15, -0.1) is 0 Å². The molecule has 1 aromatic rings. The van der Waals surface area contributed by atoms with E-state index in [1.807, 2.05) is 0 Å². The number of rotatable bonds is 4. The van der Waals surface area contributed by atoms with Gasteiger partial charge in [-0.25, -0.2) is 0 Å². The average molecular weight is 296 g/mol. The maximum Gasteiger partial charge on any atom is 0.0177 e. The third kappa shape index (κ3) is 3.56. The molecule has 94 valence electrons. The van der Waals surface area contributed by atoms with Crippen molar-refractivity contribution in [2.45, 2.75) is 45.6 Å². The van der Waals surface area contributed by atoms with Crippen LogP contribution in [0.4, 0.5) is 0 Å². The molecule has 1 aliphatic rings. The first kappa shape index (κ1) is 13.1. The first-order valence-corrected chi connectivity index (χ1v) is 7.38. The molecule has 1 aliphatic carbocycles. The molecule has 0 radical (unpaired) electrons. The van der Waals surface area contributed by atoms with Crippen LogP contribution in [0.25, 0.3) is 0 Å². The highest BCUT2D eigenvalue weighted by molar-refractivity contribution is 9.10. The molecule has 2 atom stereocenters. The molecule has 0 heterocycles. The summed E-state index contributed by atoms with van der Waals surface area (Å²) in [7, 11) is 0. The van der Waals surface area contributed by atoms with Crippen molar-refractivity contribution in [3.05, 3.63) is 34.3 Å². The zero-order valence-electron chi connectivity index (χ0n) is 10.8. The highest BCUT2D eigenvalue weighted by atomic mass is 79.9. The summed E-state index contributed by atoms with van der Waals surface area (Å²) in [5, 5.41) is 3.59. The molecule has 2 unspecified atom stereocenters. The standard InChI is InChI=1S/C15H22BrN/c1-3-17-14-7-8-15(2,11-14)10-12-5-4-6-13(16)9-12/h4-6,9,14,17H,3,7-8,10-11H2,1-2H3. The van der Waals surface area contributed by atoms with E-state index < -0.39 is 0 Å². The molecule has 2 heteroatoms. The largest absolute Gasteiger partial charge is 0.314 e. The highest BCUT2D eigenvalue weighted by Gasteiger charge is 2.34. The molecular weight excluding hydrogens is 274 g/mol. The van der Waals surface area contributed by atoms with Gasteiger partial charge in [0.1, 0.15) is 0 Å². The number of hydrogen-bond donors (Lipinski definition) is 1. The van der Waals surface area contributed by atoms with Crippen molar-refractivity contribution in [1.82, 2.24) is 5.32 Å². The summed E-state index contributed by atoms with van der Waals surface area (Å²) in [6, 6.07) is 9.47. The molecule has 17 heavy (non-hydrogen) atoms. The second-order valence-electron chi connectivity index (χ2n) is 5.61. The van der Waals surface area contributed by atoms with Crippen LogP contribution in [0, 0.1) is 5.41 Å². The van der Waals surface area contributed by atoms with Gasteiger partial charge in [-0.3, -0.25) is 0 Å². The van der Waals surface area contributed by atoms with Crippen LogP contribution in [0.5, 0.6) is 0 Å². The van der Waals surface area contributed by atoms with Gasteiger partial charge < -0.3 is 5.32 Å². The smallest absolute Gasteiger partial charge is 0.0177 e. The van der Waals surface area contributed by atoms with Gasteiger partial charge in [0, 0.05) is 10.5 Å². The minimum atomic E-state index is 0.480. The SMILES string of the molecule is CCNC1CCC(C)(Cc2cccc(Br)c2)C1. The Bertz CT molecular complexity index is 377. The van der Waals surface area contributed by atoms with Crippen molar-refractivity contribution in [3.63, 3.8) is 0 Å². The van der Waals surface area contributed by atoms with E-state index in [2.05, 4.69) is 59.4 Å². The van der Waals surface area contributed by atoms with E-state index in [1.54, 1.807) is 0 Å². The molecule has 1 N–H and O–H groups in total. The van der Waals surface area contributed by atoms with Crippen LogP contribution in [-0.2, 0) is 6.42 Å². The predicted molar refractivity (Wildman–Crippen MR) is 77.3 cm³/mol. The summed E-state index contributed by atoms with van der Waals surface area (Å²) in [5.41, 5.74) is 1.94. The van der Waals surface area contributed by atoms with E-state index >= 15 is 0 Å². The van der Waals surface area contributed by atoms with Gasteiger partial charge in [0.25, 0.3) is 0 Å². The monoisotopic (exact) mass is 295 g/mol. The van der Waals surface area contributed by atoms with Gasteiger partial charge in [-0.1, -0.05) is 41.9 Å². The minimum Gasteiger partial charge on any atom is -0.314 e. The fourth-order valence-electron chi connectivity index (χ4n) is 3.08. The molecule has 0 bridgehead atoms. The Labute approximate surface area is 113 Å². The van der Waals surface area contributed by atoms with Crippen molar-refractivity contribution >= 4 is 15.9 Å². The van der Waals surface area contributed by atoms with Crippen LogP contribution in [-0.4, -0.2) is 12.6 Å². The molecule has 0 aromatic heterocycles. The van der Waals surface area contributed by atoms with Gasteiger partial charge in [0.2, 0.25) is 0 Å². The van der Waals surface area contributed by atoms with Gasteiger partial charge >= 0.3 is 0 Å². The number of nitrogens with one attached hydrogen (secondary N) is 1. The van der Waals surface area contributed by atoms with E-state index in [0.29, 0.717) is 5.41 Å². The van der Waals surface area contributed by atoms with E-state index in [1.165, 1.54) is 35.7 Å². The Kier molecular flexibility index (Phi) is 4.26. The lowest BCUT2D eigenvalue weighted by Gasteiger charge is -2.24. The van der Waals surface area contributed by atoms with Crippen molar-refractivity contribution in [3.8, 4) is 0 Å². The lowest BCUT2D eigenvalue weighted by Crippen LogP contribution is -2.28. The fraction of sp³-hybridized carbons (Fsp3) is 0.600. The summed E-state index contributed by atoms with van der Waals surface area (Å²) in [5.74, 6) is 0. The second kappa shape index (κ2) is 5.53. The zero-order chi connectivity index (χ0) is 12.3. The van der Waals surface area contributed by atoms with Gasteiger partial charge in [0.15, 0.2) is 0 Å². The number of hydrogen-bond acceptors (Lipinski definition) is 1. The van der Waals surface area contributed by atoms with Crippen molar-refractivity contribution in [2.24, 2.45) is 5.41 Å². The van der Waals surface area contributed by atoms with Crippen molar-refractivity contribution in [2.75, 3.05) is 6.54 Å². The van der Waals surface area contributed by atoms with Gasteiger partial charge in [-0.2, -0.15) is 0 Å². The van der Waals surface area contributed by atoms with Crippen LogP contribution < -0.4 is 5.32 Å². The van der Waals surface area contributed by atoms with Crippen LogP contribution in [0.2, 0.25) is 0 Å². The van der Waals surface area contributed by atoms with Crippen LogP contribution >= 0.6 is 15.9 Å². The van der Waals surface area contributed by atoms with Gasteiger partial charge in [-0.05, 0) is 55.3 Å². The highest BCUT2D eigenvalue weighted by Crippen LogP contribution is 2.40. The molecule has 2 rings (SSSR count). The summed E-state index contributed by atoms with van der Waals surface area (Å²) in [6.45, 7) is 5.73. The van der Waals surface area contributed by atoms with E-state index in [9.17, 15) is 0 Å². The quantitative estimate of drug-likeness (QED) is 0.879. The molecule has 0 aliphatic heterocycles. The molecule has 1 fully saturated rings. The Morgan fingerprint density at radius 2 is 2.29 bits per heavy atom. The molecule has 0 amide bonds. The summed E-state index contributed by atoms with van der Waals surface area (Å²) < 4.78 is 1.19. The fourth-order valence-corrected chi connectivity index (χ4v) is 3.53. The van der Waals surface area contributed by atoms with Crippen LogP contribution in [0.3, 0.4) is 0 Å². The third-order valence-electron chi connectivity index (χ3n) is 3.85. The Balaban J connectivity index is 1.99. The lowest BCUT2D eigenvalue weighted by atomic mass is 9.82. The summed E-state index contributed by atoms with van der Waals surface area (Å²) in [4.78, 5) is 0. The van der Waals surface area contributed by atoms with Crippen molar-refractivity contribution < 1.29 is 0 Å². The lowest BCUT2D eigenvalue weighted by molar-refractivity contribution is 0.322. The molecule has 1 saturated carbocycles. The minimum absolute atomic E-state index is 0.480. The normalized spacial score (nSPS) is 28.5. The molecule has 1 aromatic carbocycles. The van der Waals surface area contributed by atoms with Crippen LogP contribution in [0.1, 0.15) is 38.7 Å². The molecular formula is C15H22BrN. The topological polar surface area (TPSA) is 12.0 Å². The number of halogens is 1. The maximum atomic E-state index is 3.59. The zero-order valence-corrected chi connectivity index (χ0v) is 12.4. The van der Waals surface area contributed by atoms with Crippen molar-refractivity contribution in [1.29, 1.82) is 0 Å². The summed E-state index contributed by atoms with van der Waals surface area (Å²) >= 11 is 3.55. The van der Waals surface area contributed by atoms with Crippen LogP contribution in [0.15, 0.2) is 28.7 Å². The molecule has 1 nitrogen and oxygen atoms in total. The second-order valence-corrected chi connectivity index (χ2v) is 6.53. The van der Waals surface area contributed by atoms with E-state index in [0.717, 1.165) is 12.6 Å². The predicted octanol–water partition coefficient (Wildman–Crippen LogP) is 4.16. The molecule has 0 spiro atoms. The Hall–Kier alpha value is -0.340. The third-order valence-corrected chi connectivity index (χ3v) is 4.34. The average Bonchev–Trinajstić information content (AvgIpc) is 2.60. The first-order chi connectivity index (χ1) is 8.11. The first-order valence-electron chi connectivity index (χ1n) is 6.59. The van der Waals surface area contributed by atoms with E-state index in [-0.39, 0.29) is 0 Å². The summed E-state index contributed by atoms with van der Waals surface area (Å²) in [6.07, 6.45) is 5.19. The Morgan fingerprint density at radius 1 is 1.47 bits per heavy atom.